The Morgan fingerprint density at radius 2 is 1.21 bits per heavy atom. The molecule has 0 heterocycles. The van der Waals surface area contributed by atoms with E-state index in [1.54, 1.807) is 0 Å². The van der Waals surface area contributed by atoms with Gasteiger partial charge >= 0.3 is 0 Å². The Morgan fingerprint density at radius 1 is 0.789 bits per heavy atom. The highest BCUT2D eigenvalue weighted by molar-refractivity contribution is 7.97. The molecule has 0 bridgehead atoms. The van der Waals surface area contributed by atoms with E-state index in [4.69, 9.17) is 23.2 Å². The number of benzene rings is 2. The molecule has 0 fully saturated rings. The largest absolute Gasteiger partial charge is 0.152 e. The number of halogens is 2. The van der Waals surface area contributed by atoms with Crippen molar-refractivity contribution in [2.45, 2.75) is 25.4 Å². The van der Waals surface area contributed by atoms with E-state index in [0.717, 1.165) is 21.6 Å². The molecule has 0 aromatic heterocycles. The number of rotatable bonds is 4. The molecule has 0 radical (unpaired) electrons. The van der Waals surface area contributed by atoms with Crippen molar-refractivity contribution >= 4 is 35.0 Å². The fourth-order valence-corrected chi connectivity index (χ4v) is 3.44. The van der Waals surface area contributed by atoms with Crippen molar-refractivity contribution in [1.82, 2.24) is 0 Å². The van der Waals surface area contributed by atoms with Crippen LogP contribution in [0.25, 0.3) is 0 Å². The summed E-state index contributed by atoms with van der Waals surface area (Å²) in [6.07, 6.45) is 0. The molecule has 0 saturated heterocycles. The van der Waals surface area contributed by atoms with Gasteiger partial charge in [0.25, 0.3) is 0 Å². The van der Waals surface area contributed by atoms with E-state index in [0.29, 0.717) is 0 Å². The van der Waals surface area contributed by atoms with Crippen LogP contribution in [0.2, 0.25) is 10.0 Å². The lowest BCUT2D eigenvalue weighted by molar-refractivity contribution is 1.27. The van der Waals surface area contributed by atoms with Crippen LogP contribution in [0.3, 0.4) is 0 Å². The highest BCUT2D eigenvalue weighted by atomic mass is 35.5. The molecular formula is C16H16Cl2S. The average Bonchev–Trinajstić information content (AvgIpc) is 2.39. The van der Waals surface area contributed by atoms with Crippen LogP contribution in [-0.2, 0) is 11.5 Å². The fourth-order valence-electron chi connectivity index (χ4n) is 1.89. The van der Waals surface area contributed by atoms with Crippen molar-refractivity contribution in [3.8, 4) is 0 Å². The third-order valence-corrected chi connectivity index (χ3v) is 5.12. The number of hydrogen-bond donors (Lipinski definition) is 0. The van der Waals surface area contributed by atoms with Gasteiger partial charge in [-0.3, -0.25) is 0 Å². The first-order chi connectivity index (χ1) is 9.09. The summed E-state index contributed by atoms with van der Waals surface area (Å²) >= 11 is 14.1. The smallest absolute Gasteiger partial charge is 0.0438 e. The van der Waals surface area contributed by atoms with Crippen LogP contribution in [0.4, 0.5) is 0 Å². The molecule has 2 aromatic rings. The topological polar surface area (TPSA) is 0 Å². The first-order valence-electron chi connectivity index (χ1n) is 6.15. The van der Waals surface area contributed by atoms with Crippen LogP contribution in [0.15, 0.2) is 36.4 Å². The summed E-state index contributed by atoms with van der Waals surface area (Å²) in [7, 11) is 0. The quantitative estimate of drug-likeness (QED) is 0.663. The third kappa shape index (κ3) is 3.68. The number of hydrogen-bond acceptors (Lipinski definition) is 1. The van der Waals surface area contributed by atoms with E-state index in [1.807, 2.05) is 36.0 Å². The molecule has 0 saturated carbocycles. The molecular weight excluding hydrogens is 295 g/mol. The minimum Gasteiger partial charge on any atom is -0.152 e. The predicted octanol–water partition coefficient (Wildman–Crippen LogP) is 6.04. The standard InChI is InChI=1S/C16H16Cl2S/c1-11-13(5-3-7-15(11)17)9-19-10-14-6-4-8-16(18)12(14)2/h3-8H,9-10H2,1-2H3. The second-order valence-corrected chi connectivity index (χ2v) is 6.34. The first-order valence-corrected chi connectivity index (χ1v) is 8.06. The van der Waals surface area contributed by atoms with E-state index >= 15 is 0 Å². The van der Waals surface area contributed by atoms with Gasteiger partial charge < -0.3 is 0 Å². The molecule has 0 unspecified atom stereocenters. The highest BCUT2D eigenvalue weighted by Crippen LogP contribution is 2.27. The van der Waals surface area contributed by atoms with Crippen LogP contribution in [-0.4, -0.2) is 0 Å². The van der Waals surface area contributed by atoms with Crippen molar-refractivity contribution in [3.05, 3.63) is 68.7 Å². The molecule has 0 N–H and O–H groups in total. The van der Waals surface area contributed by atoms with Crippen LogP contribution < -0.4 is 0 Å². The van der Waals surface area contributed by atoms with Gasteiger partial charge in [-0.05, 0) is 48.2 Å². The lowest BCUT2D eigenvalue weighted by atomic mass is 10.1. The third-order valence-electron chi connectivity index (χ3n) is 3.27. The molecule has 0 spiro atoms. The molecule has 100 valence electrons. The zero-order valence-corrected chi connectivity index (χ0v) is 13.4. The van der Waals surface area contributed by atoms with E-state index in [2.05, 4.69) is 26.0 Å². The van der Waals surface area contributed by atoms with Crippen molar-refractivity contribution in [2.75, 3.05) is 0 Å². The second-order valence-electron chi connectivity index (χ2n) is 4.54. The Labute approximate surface area is 129 Å². The maximum Gasteiger partial charge on any atom is 0.0438 e. The van der Waals surface area contributed by atoms with Gasteiger partial charge in [-0.15, -0.1) is 0 Å². The molecule has 2 rings (SSSR count). The van der Waals surface area contributed by atoms with Crippen LogP contribution in [0, 0.1) is 13.8 Å². The van der Waals surface area contributed by atoms with Gasteiger partial charge in [0.2, 0.25) is 0 Å². The zero-order valence-electron chi connectivity index (χ0n) is 11.0. The van der Waals surface area contributed by atoms with E-state index in [-0.39, 0.29) is 0 Å². The summed E-state index contributed by atoms with van der Waals surface area (Å²) in [4.78, 5) is 0. The van der Waals surface area contributed by atoms with Crippen LogP contribution >= 0.6 is 35.0 Å². The Hall–Kier alpha value is -0.630. The van der Waals surface area contributed by atoms with Gasteiger partial charge in [-0.2, -0.15) is 11.8 Å². The van der Waals surface area contributed by atoms with Gasteiger partial charge in [0, 0.05) is 21.6 Å². The Balaban J connectivity index is 2.00. The molecule has 2 aromatic carbocycles. The summed E-state index contributed by atoms with van der Waals surface area (Å²) in [5.74, 6) is 1.94. The summed E-state index contributed by atoms with van der Waals surface area (Å²) < 4.78 is 0. The molecule has 19 heavy (non-hydrogen) atoms. The molecule has 0 amide bonds. The summed E-state index contributed by atoms with van der Waals surface area (Å²) in [5, 5.41) is 1.69. The fraction of sp³-hybridized carbons (Fsp3) is 0.250. The zero-order chi connectivity index (χ0) is 13.8. The molecule has 0 nitrogen and oxygen atoms in total. The minimum absolute atomic E-state index is 0.844. The van der Waals surface area contributed by atoms with E-state index in [9.17, 15) is 0 Å². The van der Waals surface area contributed by atoms with Crippen LogP contribution in [0.1, 0.15) is 22.3 Å². The van der Waals surface area contributed by atoms with Gasteiger partial charge in [0.15, 0.2) is 0 Å². The second kappa shape index (κ2) is 6.69. The summed E-state index contributed by atoms with van der Waals surface area (Å²) in [5.41, 5.74) is 4.97. The molecule has 0 atom stereocenters. The Morgan fingerprint density at radius 3 is 1.63 bits per heavy atom. The van der Waals surface area contributed by atoms with E-state index in [1.165, 1.54) is 22.3 Å². The van der Waals surface area contributed by atoms with Crippen molar-refractivity contribution < 1.29 is 0 Å². The maximum absolute atomic E-state index is 6.13. The van der Waals surface area contributed by atoms with Crippen molar-refractivity contribution in [2.24, 2.45) is 0 Å². The minimum atomic E-state index is 0.844. The summed E-state index contributed by atoms with van der Waals surface area (Å²) in [6.45, 7) is 4.14. The monoisotopic (exact) mass is 310 g/mol. The first kappa shape index (κ1) is 14.8. The number of thioether (sulfide) groups is 1. The SMILES string of the molecule is Cc1c(Cl)cccc1CSCc1cccc(Cl)c1C. The van der Waals surface area contributed by atoms with Crippen molar-refractivity contribution in [3.63, 3.8) is 0 Å². The van der Waals surface area contributed by atoms with Crippen LogP contribution in [0.5, 0.6) is 0 Å². The molecule has 0 aliphatic carbocycles. The molecule has 0 aliphatic heterocycles. The highest BCUT2D eigenvalue weighted by Gasteiger charge is 2.05. The maximum atomic E-state index is 6.13. The summed E-state index contributed by atoms with van der Waals surface area (Å²) in [6, 6.07) is 12.2. The van der Waals surface area contributed by atoms with Gasteiger partial charge in [0.1, 0.15) is 0 Å². The van der Waals surface area contributed by atoms with Gasteiger partial charge in [-0.25, -0.2) is 0 Å². The van der Waals surface area contributed by atoms with E-state index < -0.39 is 0 Å². The molecule has 3 heteroatoms. The normalized spacial score (nSPS) is 10.7. The Bertz CT molecular complexity index is 527. The predicted molar refractivity (Wildman–Crippen MR) is 87.4 cm³/mol. The lowest BCUT2D eigenvalue weighted by Crippen LogP contribution is -1.90. The van der Waals surface area contributed by atoms with Gasteiger partial charge in [-0.1, -0.05) is 47.5 Å². The lowest BCUT2D eigenvalue weighted by Gasteiger charge is -2.09. The Kier molecular flexibility index (Phi) is 5.20. The molecule has 0 aliphatic rings. The van der Waals surface area contributed by atoms with Gasteiger partial charge in [0.05, 0.1) is 0 Å². The average molecular weight is 311 g/mol. The van der Waals surface area contributed by atoms with Crippen molar-refractivity contribution in [1.29, 1.82) is 0 Å².